The first-order valence-electron chi connectivity index (χ1n) is 25.6. The molecular formula is C52H98O10Si4. The Morgan fingerprint density at radius 3 is 1.70 bits per heavy atom. The maximum Gasteiger partial charge on any atom is 0.200 e. The summed E-state index contributed by atoms with van der Waals surface area (Å²) in [7, 11) is -6.40. The van der Waals surface area contributed by atoms with Crippen LogP contribution in [0.2, 0.25) is 93.7 Å². The van der Waals surface area contributed by atoms with E-state index in [1.54, 1.807) is 0 Å². The summed E-state index contributed by atoms with van der Waals surface area (Å²) >= 11 is 0. The lowest BCUT2D eigenvalue weighted by Crippen LogP contribution is -2.58. The van der Waals surface area contributed by atoms with Crippen LogP contribution in [0, 0.1) is 28.1 Å². The Hall–Kier alpha value is -0.602. The second kappa shape index (κ2) is 24.2. The Morgan fingerprint density at radius 2 is 1.18 bits per heavy atom. The minimum Gasteiger partial charge on any atom is -0.415 e. The van der Waals surface area contributed by atoms with Crippen LogP contribution in [0.4, 0.5) is 0 Å². The molecule has 10 nitrogen and oxygen atoms in total. The fourth-order valence-corrected chi connectivity index (χ4v) is 20.2. The minimum atomic E-state index is -2.43. The molecule has 7 atom stereocenters. The van der Waals surface area contributed by atoms with Gasteiger partial charge in [0, 0.05) is 67.4 Å². The van der Waals surface area contributed by atoms with Gasteiger partial charge in [-0.15, -0.1) is 0 Å². The molecule has 66 heavy (non-hydrogen) atoms. The molecule has 0 radical (unpaired) electrons. The Kier molecular flexibility index (Phi) is 21.3. The summed E-state index contributed by atoms with van der Waals surface area (Å²) < 4.78 is 61.0. The number of rotatable bonds is 32. The number of hydrogen-bond acceptors (Lipinski definition) is 10. The largest absolute Gasteiger partial charge is 0.415 e. The monoisotopic (exact) mass is 995 g/mol. The molecular weight excluding hydrogens is 897 g/mol. The predicted octanol–water partition coefficient (Wildman–Crippen LogP) is 12.9. The molecule has 0 heterocycles. The van der Waals surface area contributed by atoms with Gasteiger partial charge in [0.15, 0.2) is 8.32 Å². The number of hydrogen-bond donors (Lipinski definition) is 0. The van der Waals surface area contributed by atoms with Crippen LogP contribution in [-0.4, -0.2) is 117 Å². The van der Waals surface area contributed by atoms with Gasteiger partial charge in [-0.2, -0.15) is 0 Å². The highest BCUT2D eigenvalue weighted by Gasteiger charge is 2.82. The lowest BCUT2D eigenvalue weighted by atomic mass is 9.63. The van der Waals surface area contributed by atoms with Gasteiger partial charge in [-0.05, 0) is 85.8 Å². The molecule has 3 aliphatic carbocycles. The molecule has 382 valence electrons. The van der Waals surface area contributed by atoms with Crippen LogP contribution in [0.15, 0.2) is 30.3 Å². The molecule has 1 aromatic carbocycles. The molecule has 1 spiro atoms. The van der Waals surface area contributed by atoms with Gasteiger partial charge in [-0.3, -0.25) is 0 Å². The van der Waals surface area contributed by atoms with Crippen molar-refractivity contribution in [2.24, 2.45) is 28.1 Å². The van der Waals surface area contributed by atoms with Gasteiger partial charge in [-0.25, -0.2) is 0 Å². The van der Waals surface area contributed by atoms with Crippen molar-refractivity contribution >= 4 is 38.8 Å². The normalized spacial score (nSPS) is 27.4. The summed E-state index contributed by atoms with van der Waals surface area (Å²) in [6, 6.07) is 13.3. The summed E-state index contributed by atoms with van der Waals surface area (Å²) in [5.41, 5.74) is -0.708. The maximum atomic E-state index is 14.7. The Labute approximate surface area is 407 Å². The second-order valence-electron chi connectivity index (χ2n) is 25.5. The van der Waals surface area contributed by atoms with E-state index in [-0.39, 0.29) is 51.7 Å². The topological polar surface area (TPSA) is 100 Å². The minimum absolute atomic E-state index is 0.0372. The molecule has 0 N–H and O–H groups in total. The van der Waals surface area contributed by atoms with Gasteiger partial charge in [0.1, 0.15) is 33.5 Å². The number of benzene rings is 1. The molecule has 3 aliphatic rings. The van der Waals surface area contributed by atoms with Crippen LogP contribution in [-0.2, 0) is 53.7 Å². The molecule has 3 fully saturated rings. The first-order chi connectivity index (χ1) is 30.7. The van der Waals surface area contributed by atoms with E-state index in [4.69, 9.17) is 42.3 Å². The standard InChI is InChI=1S/C52H98O10Si4/c1-41(2)66(42(3)4,43(5)6)62-36-50-25-24-46(51(50,34-53)35-58-37-57-33-44-21-19-18-20-22-44)52(48(50)60-39-55-28-31-64(12,13)14)26-23-45(47(52)59-38-54-27-30-63(9,10)11)49(7,8)61-40-56-29-32-65(15,16)17/h18-22,34,41-43,45-48H,23-33,35-40H2,1-17H3/t45-,46+,47+,48-,50-,51+,52-/m1/s1. The van der Waals surface area contributed by atoms with E-state index in [0.29, 0.717) is 49.7 Å². The third-order valence-electron chi connectivity index (χ3n) is 16.0. The van der Waals surface area contributed by atoms with E-state index in [9.17, 15) is 4.79 Å². The molecule has 0 aromatic heterocycles. The van der Waals surface area contributed by atoms with Gasteiger partial charge >= 0.3 is 0 Å². The quantitative estimate of drug-likeness (QED) is 0.0300. The number of fused-ring (bicyclic) bond motifs is 3. The van der Waals surface area contributed by atoms with Crippen LogP contribution < -0.4 is 0 Å². The van der Waals surface area contributed by atoms with Crippen molar-refractivity contribution in [3.63, 3.8) is 0 Å². The van der Waals surface area contributed by atoms with Crippen molar-refractivity contribution in [3.8, 4) is 0 Å². The van der Waals surface area contributed by atoms with Gasteiger partial charge in [0.2, 0.25) is 0 Å². The average Bonchev–Trinajstić information content (AvgIpc) is 3.79. The number of carbonyl (C=O) groups is 1. The fourth-order valence-electron chi connectivity index (χ4n) is 12.5. The molecule has 3 saturated carbocycles. The number of carbonyl (C=O) groups excluding carboxylic acids is 1. The highest BCUT2D eigenvalue weighted by molar-refractivity contribution is 6.78. The molecule has 2 bridgehead atoms. The first-order valence-corrected chi connectivity index (χ1v) is 38.9. The van der Waals surface area contributed by atoms with Crippen molar-refractivity contribution in [3.05, 3.63) is 35.9 Å². The van der Waals surface area contributed by atoms with E-state index < -0.39 is 60.5 Å². The highest BCUT2D eigenvalue weighted by atomic mass is 28.4. The zero-order valence-corrected chi connectivity index (χ0v) is 49.1. The smallest absolute Gasteiger partial charge is 0.200 e. The molecule has 0 amide bonds. The molecule has 4 rings (SSSR count). The zero-order valence-electron chi connectivity index (χ0n) is 45.1. The van der Waals surface area contributed by atoms with E-state index in [2.05, 4.69) is 126 Å². The highest BCUT2D eigenvalue weighted by Crippen LogP contribution is 2.78. The van der Waals surface area contributed by atoms with Crippen molar-refractivity contribution < 1.29 is 47.1 Å². The Morgan fingerprint density at radius 1 is 0.652 bits per heavy atom. The third kappa shape index (κ3) is 13.9. The van der Waals surface area contributed by atoms with Gasteiger partial charge in [0.05, 0.1) is 36.4 Å². The van der Waals surface area contributed by atoms with Crippen molar-refractivity contribution in [2.45, 2.75) is 199 Å². The first kappa shape index (κ1) is 58.0. The van der Waals surface area contributed by atoms with Crippen LogP contribution in [0.3, 0.4) is 0 Å². The predicted molar refractivity (Wildman–Crippen MR) is 280 cm³/mol. The van der Waals surface area contributed by atoms with E-state index in [1.807, 2.05) is 18.2 Å². The lowest BCUT2D eigenvalue weighted by Gasteiger charge is -2.51. The Bertz CT molecular complexity index is 1570. The molecule has 14 heteroatoms. The summed E-state index contributed by atoms with van der Waals surface area (Å²) in [5, 5.41) is 0. The van der Waals surface area contributed by atoms with Gasteiger partial charge in [0.25, 0.3) is 0 Å². The average molecular weight is 996 g/mol. The van der Waals surface area contributed by atoms with Crippen molar-refractivity contribution in [2.75, 3.05) is 60.2 Å². The van der Waals surface area contributed by atoms with E-state index in [1.165, 1.54) is 6.29 Å². The second-order valence-corrected chi connectivity index (χ2v) is 47.8. The van der Waals surface area contributed by atoms with Crippen LogP contribution in [0.1, 0.15) is 86.6 Å². The zero-order chi connectivity index (χ0) is 49.2. The number of ether oxygens (including phenoxy) is 8. The molecule has 0 saturated heterocycles. The van der Waals surface area contributed by atoms with Crippen LogP contribution >= 0.6 is 0 Å². The van der Waals surface area contributed by atoms with Crippen LogP contribution in [0.5, 0.6) is 0 Å². The SMILES string of the molecule is CC(C)[Si](OC[C@]12CC[C@H]([C@@]3(CC[C@@H](C(C)(C)OCOCC[Si](C)(C)C)[C@@H]3OCOCC[Si](C)(C)C)[C@@H]1OCOCC[Si](C)(C)C)[C@]2(C=O)COCOCc1ccccc1)(C(C)C)C(C)C. The van der Waals surface area contributed by atoms with E-state index in [0.717, 1.165) is 49.4 Å². The molecule has 0 unspecified atom stereocenters. The van der Waals surface area contributed by atoms with Gasteiger partial charge < -0.3 is 47.1 Å². The van der Waals surface area contributed by atoms with E-state index >= 15 is 0 Å². The summed E-state index contributed by atoms with van der Waals surface area (Å²) in [5.74, 6) is -0.161. The third-order valence-corrected chi connectivity index (χ3v) is 27.2. The van der Waals surface area contributed by atoms with Crippen molar-refractivity contribution in [1.82, 2.24) is 0 Å². The summed E-state index contributed by atoms with van der Waals surface area (Å²) in [6.45, 7) is 43.3. The van der Waals surface area contributed by atoms with Crippen LogP contribution in [0.25, 0.3) is 0 Å². The molecule has 0 aliphatic heterocycles. The maximum absolute atomic E-state index is 14.7. The van der Waals surface area contributed by atoms with Gasteiger partial charge in [-0.1, -0.05) is 131 Å². The fraction of sp³-hybridized carbons (Fsp3) is 0.865. The Balaban J connectivity index is 1.85. The summed E-state index contributed by atoms with van der Waals surface area (Å²) in [4.78, 5) is 14.7. The molecule has 1 aromatic rings. The number of aldehydes is 1. The lowest BCUT2D eigenvalue weighted by molar-refractivity contribution is -0.235. The summed E-state index contributed by atoms with van der Waals surface area (Å²) in [6.07, 6.45) is 3.72. The van der Waals surface area contributed by atoms with Crippen molar-refractivity contribution in [1.29, 1.82) is 0 Å².